The third kappa shape index (κ3) is 2.98. The van der Waals surface area contributed by atoms with Crippen LogP contribution in [0, 0.1) is 17.8 Å². The van der Waals surface area contributed by atoms with Gasteiger partial charge in [-0.2, -0.15) is 0 Å². The standard InChI is InChI=1S/C18H26N2O/c1-20(11-5-8-13-6-3-2-4-7-13)18(21)16-14-9-10-15(12-14)17(16)19/h2-4,6-7,14-17H,5,8-12,19H2,1H3. The lowest BCUT2D eigenvalue weighted by Crippen LogP contribution is -2.46. The SMILES string of the molecule is CN(CCCc1ccccc1)C(=O)C1C2CCC(C2)C1N. The minimum Gasteiger partial charge on any atom is -0.345 e. The summed E-state index contributed by atoms with van der Waals surface area (Å²) < 4.78 is 0. The van der Waals surface area contributed by atoms with Crippen molar-refractivity contribution in [2.75, 3.05) is 13.6 Å². The van der Waals surface area contributed by atoms with Crippen LogP contribution in [0.15, 0.2) is 30.3 Å². The Balaban J connectivity index is 1.49. The van der Waals surface area contributed by atoms with Gasteiger partial charge in [0.05, 0.1) is 5.92 Å². The van der Waals surface area contributed by atoms with Crippen LogP contribution in [0.1, 0.15) is 31.2 Å². The zero-order valence-corrected chi connectivity index (χ0v) is 12.9. The first-order valence-electron chi connectivity index (χ1n) is 8.21. The van der Waals surface area contributed by atoms with Gasteiger partial charge in [-0.3, -0.25) is 4.79 Å². The summed E-state index contributed by atoms with van der Waals surface area (Å²) in [5.74, 6) is 1.52. The minimum atomic E-state index is 0.0884. The van der Waals surface area contributed by atoms with Crippen LogP contribution in [0.4, 0.5) is 0 Å². The molecule has 2 aliphatic carbocycles. The predicted molar refractivity (Wildman–Crippen MR) is 84.7 cm³/mol. The average Bonchev–Trinajstić information content (AvgIpc) is 3.08. The van der Waals surface area contributed by atoms with E-state index in [1.165, 1.54) is 24.8 Å². The lowest BCUT2D eigenvalue weighted by atomic mass is 9.84. The molecular weight excluding hydrogens is 260 g/mol. The van der Waals surface area contributed by atoms with E-state index in [2.05, 4.69) is 24.3 Å². The molecule has 1 amide bonds. The van der Waals surface area contributed by atoms with Crippen molar-refractivity contribution >= 4 is 5.91 Å². The van der Waals surface area contributed by atoms with Crippen LogP contribution >= 0.6 is 0 Å². The van der Waals surface area contributed by atoms with Crippen LogP contribution in [0.25, 0.3) is 0 Å². The molecule has 4 unspecified atom stereocenters. The van der Waals surface area contributed by atoms with Gasteiger partial charge in [-0.05, 0) is 49.5 Å². The van der Waals surface area contributed by atoms with E-state index < -0.39 is 0 Å². The molecule has 2 bridgehead atoms. The summed E-state index contributed by atoms with van der Waals surface area (Å²) in [5.41, 5.74) is 7.62. The maximum absolute atomic E-state index is 12.6. The summed E-state index contributed by atoms with van der Waals surface area (Å²) in [5, 5.41) is 0. The number of nitrogens with zero attached hydrogens (tertiary/aromatic N) is 1. The van der Waals surface area contributed by atoms with Crippen molar-refractivity contribution in [3.8, 4) is 0 Å². The van der Waals surface area contributed by atoms with Crippen LogP contribution in [0.5, 0.6) is 0 Å². The third-order valence-electron chi connectivity index (χ3n) is 5.44. The lowest BCUT2D eigenvalue weighted by molar-refractivity contribution is -0.136. The molecule has 2 N–H and O–H groups in total. The number of rotatable bonds is 5. The fourth-order valence-corrected chi connectivity index (χ4v) is 4.23. The zero-order chi connectivity index (χ0) is 14.8. The average molecular weight is 286 g/mol. The molecule has 21 heavy (non-hydrogen) atoms. The highest BCUT2D eigenvalue weighted by molar-refractivity contribution is 5.80. The molecule has 3 heteroatoms. The molecule has 0 heterocycles. The Morgan fingerprint density at radius 3 is 2.62 bits per heavy atom. The number of carbonyl (C=O) groups excluding carboxylic acids is 1. The monoisotopic (exact) mass is 286 g/mol. The number of hydrogen-bond acceptors (Lipinski definition) is 2. The van der Waals surface area contributed by atoms with Crippen molar-refractivity contribution in [2.24, 2.45) is 23.5 Å². The number of nitrogens with two attached hydrogens (primary N) is 1. The van der Waals surface area contributed by atoms with Gasteiger partial charge in [-0.1, -0.05) is 30.3 Å². The number of fused-ring (bicyclic) bond motifs is 2. The van der Waals surface area contributed by atoms with Gasteiger partial charge < -0.3 is 10.6 Å². The van der Waals surface area contributed by atoms with E-state index in [1.54, 1.807) is 0 Å². The van der Waals surface area contributed by atoms with Crippen molar-refractivity contribution in [3.63, 3.8) is 0 Å². The van der Waals surface area contributed by atoms with Crippen molar-refractivity contribution < 1.29 is 4.79 Å². The number of hydrogen-bond donors (Lipinski definition) is 1. The van der Waals surface area contributed by atoms with Crippen molar-refractivity contribution in [2.45, 2.75) is 38.1 Å². The molecule has 1 aromatic rings. The second-order valence-electron chi connectivity index (χ2n) is 6.79. The van der Waals surface area contributed by atoms with E-state index in [1.807, 2.05) is 18.0 Å². The van der Waals surface area contributed by atoms with E-state index in [0.717, 1.165) is 19.4 Å². The zero-order valence-electron chi connectivity index (χ0n) is 12.9. The second-order valence-corrected chi connectivity index (χ2v) is 6.79. The summed E-state index contributed by atoms with van der Waals surface area (Å²) in [6, 6.07) is 10.6. The Bertz CT molecular complexity index is 485. The van der Waals surface area contributed by atoms with Crippen molar-refractivity contribution in [1.82, 2.24) is 4.90 Å². The normalized spacial score (nSPS) is 30.6. The van der Waals surface area contributed by atoms with E-state index in [-0.39, 0.29) is 17.9 Å². The maximum atomic E-state index is 12.6. The highest BCUT2D eigenvalue weighted by atomic mass is 16.2. The molecule has 2 fully saturated rings. The van der Waals surface area contributed by atoms with Gasteiger partial charge >= 0.3 is 0 Å². The van der Waals surface area contributed by atoms with Gasteiger partial charge in [0.25, 0.3) is 0 Å². The molecule has 3 nitrogen and oxygen atoms in total. The molecule has 3 rings (SSSR count). The van der Waals surface area contributed by atoms with Crippen LogP contribution in [0.2, 0.25) is 0 Å². The van der Waals surface area contributed by atoms with Crippen molar-refractivity contribution in [1.29, 1.82) is 0 Å². The Labute approximate surface area is 127 Å². The van der Waals surface area contributed by atoms with Gasteiger partial charge in [0.2, 0.25) is 5.91 Å². The fraction of sp³-hybridized carbons (Fsp3) is 0.611. The van der Waals surface area contributed by atoms with Crippen LogP contribution in [-0.4, -0.2) is 30.4 Å². The smallest absolute Gasteiger partial charge is 0.227 e. The Kier molecular flexibility index (Phi) is 4.29. The minimum absolute atomic E-state index is 0.0884. The largest absolute Gasteiger partial charge is 0.345 e. The number of benzene rings is 1. The topological polar surface area (TPSA) is 46.3 Å². The van der Waals surface area contributed by atoms with Gasteiger partial charge in [0, 0.05) is 19.6 Å². The molecule has 1 aromatic carbocycles. The third-order valence-corrected chi connectivity index (χ3v) is 5.44. The van der Waals surface area contributed by atoms with E-state index in [9.17, 15) is 4.79 Å². The predicted octanol–water partition coefficient (Wildman–Crippen LogP) is 2.45. The summed E-state index contributed by atoms with van der Waals surface area (Å²) in [6.45, 7) is 0.828. The molecule has 2 saturated carbocycles. The number of carbonyl (C=O) groups is 1. The second kappa shape index (κ2) is 6.18. The molecule has 4 atom stereocenters. The highest BCUT2D eigenvalue weighted by Gasteiger charge is 2.49. The molecule has 2 aliphatic rings. The van der Waals surface area contributed by atoms with Crippen LogP contribution in [0.3, 0.4) is 0 Å². The first kappa shape index (κ1) is 14.6. The van der Waals surface area contributed by atoms with Gasteiger partial charge in [-0.15, -0.1) is 0 Å². The molecule has 0 saturated heterocycles. The Morgan fingerprint density at radius 2 is 1.95 bits per heavy atom. The lowest BCUT2D eigenvalue weighted by Gasteiger charge is -2.30. The maximum Gasteiger partial charge on any atom is 0.227 e. The fourth-order valence-electron chi connectivity index (χ4n) is 4.23. The number of aryl methyl sites for hydroxylation is 1. The quantitative estimate of drug-likeness (QED) is 0.903. The summed E-state index contributed by atoms with van der Waals surface area (Å²) in [4.78, 5) is 14.5. The van der Waals surface area contributed by atoms with Gasteiger partial charge in [0.1, 0.15) is 0 Å². The van der Waals surface area contributed by atoms with Crippen LogP contribution < -0.4 is 5.73 Å². The van der Waals surface area contributed by atoms with Gasteiger partial charge in [0.15, 0.2) is 0 Å². The highest BCUT2D eigenvalue weighted by Crippen LogP contribution is 2.48. The van der Waals surface area contributed by atoms with Crippen molar-refractivity contribution in [3.05, 3.63) is 35.9 Å². The van der Waals surface area contributed by atoms with E-state index in [0.29, 0.717) is 11.8 Å². The summed E-state index contributed by atoms with van der Waals surface area (Å²) in [7, 11) is 1.94. The molecular formula is C18H26N2O. The molecule has 0 radical (unpaired) electrons. The van der Waals surface area contributed by atoms with E-state index >= 15 is 0 Å². The van der Waals surface area contributed by atoms with Crippen LogP contribution in [-0.2, 0) is 11.2 Å². The Hall–Kier alpha value is -1.35. The van der Waals surface area contributed by atoms with Gasteiger partial charge in [-0.25, -0.2) is 0 Å². The number of amides is 1. The summed E-state index contributed by atoms with van der Waals surface area (Å²) in [6.07, 6.45) is 5.65. The first-order chi connectivity index (χ1) is 10.2. The summed E-state index contributed by atoms with van der Waals surface area (Å²) >= 11 is 0. The Morgan fingerprint density at radius 1 is 1.24 bits per heavy atom. The molecule has 0 aromatic heterocycles. The van der Waals surface area contributed by atoms with E-state index in [4.69, 9.17) is 5.73 Å². The molecule has 0 spiro atoms. The molecule has 114 valence electrons. The molecule has 0 aliphatic heterocycles. The first-order valence-corrected chi connectivity index (χ1v) is 8.21.